The third-order valence-corrected chi connectivity index (χ3v) is 3.09. The molecule has 0 radical (unpaired) electrons. The molecule has 138 valence electrons. The van der Waals surface area contributed by atoms with Gasteiger partial charge in [-0.1, -0.05) is 0 Å². The molecule has 4 N–H and O–H groups in total. The maximum Gasteiger partial charge on any atom is 0.408 e. The first-order chi connectivity index (χ1) is 10.7. The lowest BCUT2D eigenvalue weighted by molar-refractivity contribution is -0.160. The van der Waals surface area contributed by atoms with Crippen molar-refractivity contribution in [3.8, 4) is 0 Å². The maximum absolute atomic E-state index is 12.4. The van der Waals surface area contributed by atoms with E-state index in [0.29, 0.717) is 5.01 Å². The molecule has 1 fully saturated rings. The van der Waals surface area contributed by atoms with E-state index < -0.39 is 47.4 Å². The Kier molecular flexibility index (Phi) is 5.83. The highest BCUT2D eigenvalue weighted by molar-refractivity contribution is 5.91. The molecule has 0 aliphatic carbocycles. The van der Waals surface area contributed by atoms with Gasteiger partial charge in [0.1, 0.15) is 23.5 Å². The number of amides is 2. The predicted octanol–water partition coefficient (Wildman–Crippen LogP) is 0.262. The van der Waals surface area contributed by atoms with Crippen LogP contribution in [0, 0.1) is 5.92 Å². The van der Waals surface area contributed by atoms with E-state index in [0.717, 1.165) is 0 Å². The number of carbonyl (C=O) groups excluding carboxylic acids is 3. The summed E-state index contributed by atoms with van der Waals surface area (Å²) in [6.07, 6.45) is -2.20. The average molecular weight is 345 g/mol. The van der Waals surface area contributed by atoms with Crippen molar-refractivity contribution < 1.29 is 29.0 Å². The Labute approximate surface area is 141 Å². The van der Waals surface area contributed by atoms with Gasteiger partial charge in [-0.15, -0.1) is 0 Å². The number of esters is 1. The van der Waals surface area contributed by atoms with Crippen LogP contribution in [0.25, 0.3) is 0 Å². The summed E-state index contributed by atoms with van der Waals surface area (Å²) < 4.78 is 10.4. The van der Waals surface area contributed by atoms with Gasteiger partial charge < -0.3 is 19.9 Å². The molecule has 3 atom stereocenters. The van der Waals surface area contributed by atoms with E-state index in [4.69, 9.17) is 15.3 Å². The van der Waals surface area contributed by atoms with Crippen LogP contribution in [0.2, 0.25) is 0 Å². The van der Waals surface area contributed by atoms with Gasteiger partial charge in [0.25, 0.3) is 0 Å². The van der Waals surface area contributed by atoms with Crippen LogP contribution < -0.4 is 11.2 Å². The van der Waals surface area contributed by atoms with E-state index in [2.05, 4.69) is 5.32 Å². The molecule has 9 heteroatoms. The molecule has 0 aromatic heterocycles. The van der Waals surface area contributed by atoms with E-state index >= 15 is 0 Å². The molecule has 0 bridgehead atoms. The van der Waals surface area contributed by atoms with Crippen molar-refractivity contribution >= 4 is 18.0 Å². The van der Waals surface area contributed by atoms with Gasteiger partial charge in [-0.2, -0.15) is 0 Å². The number of hydrazine groups is 1. The summed E-state index contributed by atoms with van der Waals surface area (Å²) in [7, 11) is 0. The molecule has 0 aromatic rings. The molecule has 1 aliphatic rings. The zero-order chi connectivity index (χ0) is 18.9. The van der Waals surface area contributed by atoms with Crippen LogP contribution >= 0.6 is 0 Å². The van der Waals surface area contributed by atoms with Crippen molar-refractivity contribution in [2.45, 2.75) is 71.4 Å². The van der Waals surface area contributed by atoms with E-state index in [1.165, 1.54) is 0 Å². The molecule has 0 saturated carbocycles. The van der Waals surface area contributed by atoms with Gasteiger partial charge in [-0.05, 0) is 41.5 Å². The van der Waals surface area contributed by atoms with Crippen LogP contribution in [-0.2, 0) is 19.1 Å². The normalized spacial score (nSPS) is 23.0. The summed E-state index contributed by atoms with van der Waals surface area (Å²) in [4.78, 5) is 36.6. The van der Waals surface area contributed by atoms with Gasteiger partial charge in [0, 0.05) is 6.42 Å². The van der Waals surface area contributed by atoms with Crippen LogP contribution in [0.4, 0.5) is 4.79 Å². The summed E-state index contributed by atoms with van der Waals surface area (Å²) in [5, 5.41) is 12.7. The number of ether oxygens (including phenoxy) is 2. The molecule has 2 amide bonds. The first-order valence-corrected chi connectivity index (χ1v) is 7.69. The third kappa shape index (κ3) is 5.64. The fraction of sp³-hybridized carbons (Fsp3) is 0.800. The maximum atomic E-state index is 12.4. The standard InChI is InChI=1S/C15H27N3O6/c1-14(2,3)23-12(21)10(17-13(22)24-15(4,5)6)8-7-9(19)18(16)11(8)20/h8-10,19H,7,16H2,1-6H3,(H,17,22)/t8-,9?,10+/m1/s1. The van der Waals surface area contributed by atoms with Crippen molar-refractivity contribution in [3.63, 3.8) is 0 Å². The number of rotatable bonds is 3. The third-order valence-electron chi connectivity index (χ3n) is 3.09. The first-order valence-electron chi connectivity index (χ1n) is 7.69. The Morgan fingerprint density at radius 1 is 1.21 bits per heavy atom. The van der Waals surface area contributed by atoms with E-state index in [9.17, 15) is 19.5 Å². The summed E-state index contributed by atoms with van der Waals surface area (Å²) in [5.41, 5.74) is -1.59. The van der Waals surface area contributed by atoms with Crippen molar-refractivity contribution in [2.24, 2.45) is 11.8 Å². The van der Waals surface area contributed by atoms with E-state index in [1.807, 2.05) is 0 Å². The lowest BCUT2D eigenvalue weighted by Crippen LogP contribution is -2.52. The average Bonchev–Trinajstić information content (AvgIpc) is 2.59. The summed E-state index contributed by atoms with van der Waals surface area (Å²) in [5.74, 6) is 2.96. The van der Waals surface area contributed by atoms with Crippen LogP contribution in [0.3, 0.4) is 0 Å². The molecule has 9 nitrogen and oxygen atoms in total. The van der Waals surface area contributed by atoms with Gasteiger partial charge in [0.05, 0.1) is 5.92 Å². The SMILES string of the molecule is CC(C)(C)OC(=O)N[C@H](C(=O)OC(C)(C)C)[C@H]1CC(O)N(N)C1=O. The largest absolute Gasteiger partial charge is 0.458 e. The Balaban J connectivity index is 2.98. The van der Waals surface area contributed by atoms with Crippen molar-refractivity contribution in [3.05, 3.63) is 0 Å². The monoisotopic (exact) mass is 345 g/mol. The van der Waals surface area contributed by atoms with Gasteiger partial charge in [0.15, 0.2) is 0 Å². The summed E-state index contributed by atoms with van der Waals surface area (Å²) >= 11 is 0. The number of nitrogens with one attached hydrogen (secondary N) is 1. The number of nitrogens with zero attached hydrogens (tertiary/aromatic N) is 1. The first kappa shape index (κ1) is 20.2. The minimum Gasteiger partial charge on any atom is -0.458 e. The zero-order valence-corrected chi connectivity index (χ0v) is 15.0. The number of aliphatic hydroxyl groups is 1. The number of hydrogen-bond donors (Lipinski definition) is 3. The molecule has 0 spiro atoms. The molecule has 1 heterocycles. The second kappa shape index (κ2) is 6.94. The quantitative estimate of drug-likeness (QED) is 0.380. The highest BCUT2D eigenvalue weighted by Gasteiger charge is 2.46. The second-order valence-corrected chi connectivity index (χ2v) is 7.73. The van der Waals surface area contributed by atoms with Gasteiger partial charge in [-0.25, -0.2) is 15.4 Å². The lowest BCUT2D eigenvalue weighted by atomic mass is 9.97. The molecular weight excluding hydrogens is 318 g/mol. The number of hydrogen-bond acceptors (Lipinski definition) is 7. The number of aliphatic hydroxyl groups excluding tert-OH is 1. The van der Waals surface area contributed by atoms with Crippen molar-refractivity contribution in [2.75, 3.05) is 0 Å². The molecule has 1 rings (SSSR count). The summed E-state index contributed by atoms with van der Waals surface area (Å²) in [6, 6.07) is -1.31. The topological polar surface area (TPSA) is 131 Å². The number of carbonyl (C=O) groups is 3. The van der Waals surface area contributed by atoms with Gasteiger partial charge in [0.2, 0.25) is 5.91 Å². The molecule has 0 aromatic carbocycles. The predicted molar refractivity (Wildman–Crippen MR) is 84.1 cm³/mol. The Morgan fingerprint density at radius 3 is 2.08 bits per heavy atom. The Morgan fingerprint density at radius 2 is 1.71 bits per heavy atom. The van der Waals surface area contributed by atoms with Crippen molar-refractivity contribution in [1.82, 2.24) is 10.3 Å². The van der Waals surface area contributed by atoms with Crippen LogP contribution in [0.1, 0.15) is 48.0 Å². The van der Waals surface area contributed by atoms with Crippen LogP contribution in [0.15, 0.2) is 0 Å². The van der Waals surface area contributed by atoms with Gasteiger partial charge in [-0.3, -0.25) is 9.80 Å². The highest BCUT2D eigenvalue weighted by atomic mass is 16.6. The fourth-order valence-electron chi connectivity index (χ4n) is 2.18. The van der Waals surface area contributed by atoms with Crippen LogP contribution in [-0.4, -0.2) is 51.6 Å². The number of nitrogens with two attached hydrogens (primary N) is 1. The fourth-order valence-corrected chi connectivity index (χ4v) is 2.18. The smallest absolute Gasteiger partial charge is 0.408 e. The Bertz CT molecular complexity index is 508. The molecule has 1 unspecified atom stereocenters. The lowest BCUT2D eigenvalue weighted by Gasteiger charge is -2.28. The molecular formula is C15H27N3O6. The number of alkyl carbamates (subject to hydrolysis) is 1. The zero-order valence-electron chi connectivity index (χ0n) is 15.0. The summed E-state index contributed by atoms with van der Waals surface area (Å²) in [6.45, 7) is 9.99. The molecule has 1 aliphatic heterocycles. The Hall–Kier alpha value is -1.87. The van der Waals surface area contributed by atoms with E-state index in [1.54, 1.807) is 41.5 Å². The molecule has 24 heavy (non-hydrogen) atoms. The van der Waals surface area contributed by atoms with Crippen LogP contribution in [0.5, 0.6) is 0 Å². The van der Waals surface area contributed by atoms with Crippen molar-refractivity contribution in [1.29, 1.82) is 0 Å². The van der Waals surface area contributed by atoms with Gasteiger partial charge >= 0.3 is 12.1 Å². The molecule has 1 saturated heterocycles. The van der Waals surface area contributed by atoms with E-state index in [-0.39, 0.29) is 6.42 Å². The minimum absolute atomic E-state index is 0.102. The second-order valence-electron chi connectivity index (χ2n) is 7.73. The minimum atomic E-state index is -1.31. The highest BCUT2D eigenvalue weighted by Crippen LogP contribution is 2.25.